The molecule has 27 heavy (non-hydrogen) atoms. The van der Waals surface area contributed by atoms with Gasteiger partial charge in [-0.1, -0.05) is 36.1 Å². The Hall–Kier alpha value is -3.10. The van der Waals surface area contributed by atoms with Gasteiger partial charge in [-0.3, -0.25) is 4.79 Å². The zero-order valence-electron chi connectivity index (χ0n) is 15.9. The number of carbonyl (C=O) groups is 2. The van der Waals surface area contributed by atoms with Crippen molar-refractivity contribution in [3.05, 3.63) is 71.3 Å². The van der Waals surface area contributed by atoms with Crippen LogP contribution in [0.25, 0.3) is 0 Å². The molecule has 2 aromatic carbocycles. The summed E-state index contributed by atoms with van der Waals surface area (Å²) in [5.41, 5.74) is 2.05. The molecule has 0 aromatic heterocycles. The number of carboxylic acid groups (broad SMARTS) is 1. The van der Waals surface area contributed by atoms with Crippen LogP contribution in [0.2, 0.25) is 0 Å². The second kappa shape index (κ2) is 9.02. The lowest BCUT2D eigenvalue weighted by atomic mass is 10.1. The smallest absolute Gasteiger partial charge is 0.251 e. The maximum Gasteiger partial charge on any atom is 0.251 e. The van der Waals surface area contributed by atoms with Gasteiger partial charge in [-0.2, -0.15) is 0 Å². The molecular formula is C22H24N2O3. The van der Waals surface area contributed by atoms with Gasteiger partial charge in [0.15, 0.2) is 0 Å². The maximum absolute atomic E-state index is 12.6. The minimum Gasteiger partial charge on any atom is -0.550 e. The summed E-state index contributed by atoms with van der Waals surface area (Å²) < 4.78 is 0.529. The molecule has 0 aliphatic rings. The number of carboxylic acids is 1. The molecule has 140 valence electrons. The van der Waals surface area contributed by atoms with Crippen molar-refractivity contribution in [2.75, 3.05) is 27.7 Å². The quantitative estimate of drug-likeness (QED) is 0.615. The van der Waals surface area contributed by atoms with Gasteiger partial charge in [0.25, 0.3) is 5.91 Å². The van der Waals surface area contributed by atoms with Crippen LogP contribution in [0, 0.1) is 11.8 Å². The third-order valence-corrected chi connectivity index (χ3v) is 3.77. The molecule has 0 bridgehead atoms. The highest BCUT2D eigenvalue weighted by molar-refractivity contribution is 5.95. The average molecular weight is 364 g/mol. The van der Waals surface area contributed by atoms with Gasteiger partial charge in [-0.25, -0.2) is 0 Å². The number of hydrogen-bond donors (Lipinski definition) is 1. The van der Waals surface area contributed by atoms with Gasteiger partial charge in [-0.15, -0.1) is 0 Å². The van der Waals surface area contributed by atoms with E-state index >= 15 is 0 Å². The zero-order valence-corrected chi connectivity index (χ0v) is 15.9. The van der Waals surface area contributed by atoms with Gasteiger partial charge in [0, 0.05) is 29.1 Å². The number of aliphatic carboxylic acids is 1. The fourth-order valence-electron chi connectivity index (χ4n) is 2.70. The van der Waals surface area contributed by atoms with Gasteiger partial charge >= 0.3 is 0 Å². The summed E-state index contributed by atoms with van der Waals surface area (Å²) in [6, 6.07) is 16.1. The van der Waals surface area contributed by atoms with Crippen molar-refractivity contribution in [1.82, 2.24) is 5.32 Å². The summed E-state index contributed by atoms with van der Waals surface area (Å²) in [5, 5.41) is 13.8. The third-order valence-electron chi connectivity index (χ3n) is 3.77. The molecular weight excluding hydrogens is 340 g/mol. The van der Waals surface area contributed by atoms with E-state index < -0.39 is 12.0 Å². The molecule has 0 spiro atoms. The van der Waals surface area contributed by atoms with E-state index in [2.05, 4.69) is 17.2 Å². The summed E-state index contributed by atoms with van der Waals surface area (Å²) in [7, 11) is 5.82. The average Bonchev–Trinajstić information content (AvgIpc) is 2.59. The molecule has 1 atom stereocenters. The van der Waals surface area contributed by atoms with Crippen LogP contribution < -0.4 is 10.4 Å². The normalized spacial score (nSPS) is 11.8. The lowest BCUT2D eigenvalue weighted by molar-refractivity contribution is -0.871. The van der Waals surface area contributed by atoms with Crippen LogP contribution in [0.15, 0.2) is 54.6 Å². The Bertz CT molecular complexity index is 858. The fourth-order valence-corrected chi connectivity index (χ4v) is 2.70. The largest absolute Gasteiger partial charge is 0.550 e. The minimum absolute atomic E-state index is 0.227. The fraction of sp³-hybridized carbons (Fsp3) is 0.273. The zero-order chi connectivity index (χ0) is 19.9. The van der Waals surface area contributed by atoms with Crippen LogP contribution in [0.4, 0.5) is 0 Å². The first kappa shape index (κ1) is 20.2. The van der Waals surface area contributed by atoms with Crippen molar-refractivity contribution in [2.45, 2.75) is 12.5 Å². The SMILES string of the molecule is C[N+](C)(C)C[C@@H](CC(=O)[O-])NC(=O)c1cccc(C#Cc2ccccc2)c1. The number of benzene rings is 2. The van der Waals surface area contributed by atoms with E-state index in [1.807, 2.05) is 57.5 Å². The van der Waals surface area contributed by atoms with E-state index in [1.54, 1.807) is 18.2 Å². The van der Waals surface area contributed by atoms with Crippen molar-refractivity contribution in [2.24, 2.45) is 0 Å². The summed E-state index contributed by atoms with van der Waals surface area (Å²) in [6.07, 6.45) is -0.227. The Morgan fingerprint density at radius 3 is 2.26 bits per heavy atom. The number of hydrogen-bond acceptors (Lipinski definition) is 3. The molecule has 0 fully saturated rings. The number of carbonyl (C=O) groups excluding carboxylic acids is 2. The number of quaternary nitrogens is 1. The first-order valence-corrected chi connectivity index (χ1v) is 8.71. The van der Waals surface area contributed by atoms with Crippen molar-refractivity contribution in [3.63, 3.8) is 0 Å². The summed E-state index contributed by atoms with van der Waals surface area (Å²) in [6.45, 7) is 0.479. The highest BCUT2D eigenvalue weighted by atomic mass is 16.4. The number of amides is 1. The van der Waals surface area contributed by atoms with Crippen LogP contribution in [-0.4, -0.2) is 50.1 Å². The Morgan fingerprint density at radius 1 is 1.00 bits per heavy atom. The molecule has 1 amide bonds. The summed E-state index contributed by atoms with van der Waals surface area (Å²) in [4.78, 5) is 23.6. The van der Waals surface area contributed by atoms with E-state index in [0.717, 1.165) is 11.1 Å². The van der Waals surface area contributed by atoms with Crippen LogP contribution >= 0.6 is 0 Å². The van der Waals surface area contributed by atoms with Crippen LogP contribution in [-0.2, 0) is 4.79 Å². The molecule has 0 unspecified atom stereocenters. The van der Waals surface area contributed by atoms with Gasteiger partial charge in [0.1, 0.15) is 0 Å². The standard InChI is InChI=1S/C22H24N2O3/c1-24(2,3)16-20(15-21(25)26)23-22(27)19-11-7-10-18(14-19)13-12-17-8-5-4-6-9-17/h4-11,14,20H,15-16H2,1-3H3,(H-,23,25,26,27)/t20-/m1/s1. The molecule has 2 rings (SSSR count). The molecule has 5 heteroatoms. The van der Waals surface area contributed by atoms with E-state index in [4.69, 9.17) is 0 Å². The Kier molecular flexibility index (Phi) is 6.75. The van der Waals surface area contributed by atoms with Crippen LogP contribution in [0.3, 0.4) is 0 Å². The predicted molar refractivity (Wildman–Crippen MR) is 103 cm³/mol. The van der Waals surface area contributed by atoms with Gasteiger partial charge in [-0.05, 0) is 30.3 Å². The first-order chi connectivity index (χ1) is 12.7. The molecule has 1 N–H and O–H groups in total. The maximum atomic E-state index is 12.6. The summed E-state index contributed by atoms with van der Waals surface area (Å²) >= 11 is 0. The molecule has 0 saturated carbocycles. The second-order valence-corrected chi connectivity index (χ2v) is 7.42. The van der Waals surface area contributed by atoms with Gasteiger partial charge in [0.2, 0.25) is 0 Å². The highest BCUT2D eigenvalue weighted by Crippen LogP contribution is 2.07. The van der Waals surface area contributed by atoms with Crippen molar-refractivity contribution >= 4 is 11.9 Å². The van der Waals surface area contributed by atoms with Crippen molar-refractivity contribution < 1.29 is 19.2 Å². The highest BCUT2D eigenvalue weighted by Gasteiger charge is 2.21. The Balaban J connectivity index is 2.13. The number of nitrogens with one attached hydrogen (secondary N) is 1. The van der Waals surface area contributed by atoms with E-state index in [9.17, 15) is 14.7 Å². The van der Waals surface area contributed by atoms with Crippen molar-refractivity contribution in [1.29, 1.82) is 0 Å². The Labute approximate surface area is 160 Å². The number of nitrogens with zero attached hydrogens (tertiary/aromatic N) is 1. The van der Waals surface area contributed by atoms with E-state index in [-0.39, 0.29) is 12.3 Å². The van der Waals surface area contributed by atoms with Crippen molar-refractivity contribution in [3.8, 4) is 11.8 Å². The lowest BCUT2D eigenvalue weighted by Gasteiger charge is -2.30. The lowest BCUT2D eigenvalue weighted by Crippen LogP contribution is -2.50. The van der Waals surface area contributed by atoms with Gasteiger partial charge in [0.05, 0.1) is 33.7 Å². The summed E-state index contributed by atoms with van der Waals surface area (Å²) in [5.74, 6) is 4.59. The van der Waals surface area contributed by atoms with Crippen LogP contribution in [0.1, 0.15) is 27.9 Å². The molecule has 0 saturated heterocycles. The molecule has 2 aromatic rings. The number of rotatable bonds is 6. The topological polar surface area (TPSA) is 69.2 Å². The second-order valence-electron chi connectivity index (χ2n) is 7.42. The predicted octanol–water partition coefficient (Wildman–Crippen LogP) is 1.03. The van der Waals surface area contributed by atoms with Gasteiger partial charge < -0.3 is 19.7 Å². The minimum atomic E-state index is -1.18. The molecule has 0 aliphatic heterocycles. The van der Waals surface area contributed by atoms with Crippen LogP contribution in [0.5, 0.6) is 0 Å². The first-order valence-electron chi connectivity index (χ1n) is 8.71. The molecule has 0 radical (unpaired) electrons. The molecule has 0 heterocycles. The van der Waals surface area contributed by atoms with E-state index in [0.29, 0.717) is 16.6 Å². The third kappa shape index (κ3) is 7.35. The molecule has 5 nitrogen and oxygen atoms in total. The number of likely N-dealkylation sites (N-methyl/N-ethyl adjacent to an activating group) is 1. The Morgan fingerprint density at radius 2 is 1.63 bits per heavy atom. The van der Waals surface area contributed by atoms with E-state index in [1.165, 1.54) is 0 Å². The molecule has 0 aliphatic carbocycles. The monoisotopic (exact) mass is 364 g/mol.